The van der Waals surface area contributed by atoms with Crippen molar-refractivity contribution in [2.24, 2.45) is 4.99 Å². The molecule has 0 aliphatic heterocycles. The lowest BCUT2D eigenvalue weighted by Crippen LogP contribution is -2.31. The first-order valence-corrected chi connectivity index (χ1v) is 6.72. The Morgan fingerprint density at radius 3 is 2.63 bits per heavy atom. The molecule has 0 N–H and O–H groups in total. The third kappa shape index (κ3) is 2.24. The molecule has 2 saturated carbocycles. The van der Waals surface area contributed by atoms with Gasteiger partial charge in [-0.1, -0.05) is 6.07 Å². The first-order valence-electron chi connectivity index (χ1n) is 6.72. The highest BCUT2D eigenvalue weighted by atomic mass is 16.5. The summed E-state index contributed by atoms with van der Waals surface area (Å²) >= 11 is 0. The average molecular weight is 259 g/mol. The number of rotatable bonds is 5. The molecule has 0 saturated heterocycles. The fourth-order valence-electron chi connectivity index (χ4n) is 2.48. The lowest BCUT2D eigenvalue weighted by atomic mass is 9.72. The molecule has 4 nitrogen and oxygen atoms in total. The molecule has 2 fully saturated rings. The normalized spacial score (nSPS) is 20.1. The van der Waals surface area contributed by atoms with Gasteiger partial charge in [0.2, 0.25) is 6.08 Å². The number of nitrogens with zero attached hydrogens (tertiary/aromatic N) is 1. The zero-order valence-corrected chi connectivity index (χ0v) is 11.0. The quantitative estimate of drug-likeness (QED) is 0.603. The molecule has 0 aromatic heterocycles. The Labute approximate surface area is 112 Å². The maximum Gasteiger partial charge on any atom is 0.235 e. The minimum absolute atomic E-state index is 0.338. The Kier molecular flexibility index (Phi) is 3.03. The highest BCUT2D eigenvalue weighted by molar-refractivity contribution is 5.47. The Hall–Kier alpha value is -1.80. The number of isocyanates is 1. The molecule has 0 radical (unpaired) electrons. The summed E-state index contributed by atoms with van der Waals surface area (Å²) in [6.45, 7) is 0. The molecule has 2 aliphatic rings. The van der Waals surface area contributed by atoms with E-state index in [0.29, 0.717) is 6.10 Å². The fourth-order valence-corrected chi connectivity index (χ4v) is 2.48. The summed E-state index contributed by atoms with van der Waals surface area (Å²) in [5, 5.41) is 0. The van der Waals surface area contributed by atoms with Crippen molar-refractivity contribution in [1.29, 1.82) is 0 Å². The van der Waals surface area contributed by atoms with E-state index < -0.39 is 0 Å². The summed E-state index contributed by atoms with van der Waals surface area (Å²) in [7, 11) is 1.63. The van der Waals surface area contributed by atoms with Crippen molar-refractivity contribution < 1.29 is 14.3 Å². The zero-order valence-electron chi connectivity index (χ0n) is 11.0. The van der Waals surface area contributed by atoms with Gasteiger partial charge in [0.15, 0.2) is 11.5 Å². The Balaban J connectivity index is 1.91. The summed E-state index contributed by atoms with van der Waals surface area (Å²) in [4.78, 5) is 14.6. The van der Waals surface area contributed by atoms with Crippen molar-refractivity contribution in [2.75, 3.05) is 7.11 Å². The monoisotopic (exact) mass is 259 g/mol. The van der Waals surface area contributed by atoms with E-state index in [-0.39, 0.29) is 5.54 Å². The van der Waals surface area contributed by atoms with E-state index in [1.165, 1.54) is 0 Å². The van der Waals surface area contributed by atoms with Crippen molar-refractivity contribution >= 4 is 6.08 Å². The van der Waals surface area contributed by atoms with Gasteiger partial charge in [-0.2, -0.15) is 4.99 Å². The number of hydrogen-bond donors (Lipinski definition) is 0. The molecule has 1 aromatic rings. The van der Waals surface area contributed by atoms with Gasteiger partial charge in [0.25, 0.3) is 0 Å². The number of ether oxygens (including phenoxy) is 2. The zero-order chi connectivity index (χ0) is 13.3. The first kappa shape index (κ1) is 12.2. The Morgan fingerprint density at radius 2 is 2.11 bits per heavy atom. The van der Waals surface area contributed by atoms with Crippen LogP contribution in [-0.4, -0.2) is 19.3 Å². The molecule has 0 amide bonds. The molecule has 0 atom stereocenters. The highest BCUT2D eigenvalue weighted by Crippen LogP contribution is 2.47. The van der Waals surface area contributed by atoms with Gasteiger partial charge >= 0.3 is 0 Å². The molecule has 3 rings (SSSR count). The number of hydrogen-bond acceptors (Lipinski definition) is 4. The molecule has 0 spiro atoms. The van der Waals surface area contributed by atoms with Gasteiger partial charge in [0.1, 0.15) is 0 Å². The standard InChI is InChI=1S/C15H17NO3/c1-18-14-9-11(15(16-10-17)7-2-8-15)3-6-13(14)19-12-4-5-12/h3,6,9,12H,2,4-5,7-8H2,1H3. The molecule has 1 aromatic carbocycles. The van der Waals surface area contributed by atoms with Gasteiger partial charge in [0.05, 0.1) is 18.8 Å². The molecule has 4 heteroatoms. The topological polar surface area (TPSA) is 47.9 Å². The number of methoxy groups -OCH3 is 1. The largest absolute Gasteiger partial charge is 0.493 e. The van der Waals surface area contributed by atoms with E-state index in [9.17, 15) is 4.79 Å². The molecular formula is C15H17NO3. The van der Waals surface area contributed by atoms with Crippen LogP contribution in [0.25, 0.3) is 0 Å². The van der Waals surface area contributed by atoms with Gasteiger partial charge in [-0.15, -0.1) is 0 Å². The van der Waals surface area contributed by atoms with Crippen LogP contribution in [0.15, 0.2) is 23.2 Å². The summed E-state index contributed by atoms with van der Waals surface area (Å²) < 4.78 is 11.2. The third-order valence-electron chi connectivity index (χ3n) is 3.96. The van der Waals surface area contributed by atoms with Gasteiger partial charge in [0, 0.05) is 0 Å². The molecule has 19 heavy (non-hydrogen) atoms. The molecule has 0 bridgehead atoms. The second-order valence-corrected chi connectivity index (χ2v) is 5.27. The van der Waals surface area contributed by atoms with E-state index in [1.54, 1.807) is 13.2 Å². The van der Waals surface area contributed by atoms with Crippen LogP contribution in [0.5, 0.6) is 11.5 Å². The maximum absolute atomic E-state index is 10.6. The smallest absolute Gasteiger partial charge is 0.235 e. The fraction of sp³-hybridized carbons (Fsp3) is 0.533. The molecule has 2 aliphatic carbocycles. The Morgan fingerprint density at radius 1 is 1.32 bits per heavy atom. The van der Waals surface area contributed by atoms with Crippen LogP contribution in [0.2, 0.25) is 0 Å². The van der Waals surface area contributed by atoms with E-state index in [2.05, 4.69) is 4.99 Å². The Bertz CT molecular complexity index is 526. The van der Waals surface area contributed by atoms with Crippen LogP contribution in [-0.2, 0) is 10.3 Å². The minimum atomic E-state index is -0.382. The van der Waals surface area contributed by atoms with E-state index in [1.807, 2.05) is 18.2 Å². The van der Waals surface area contributed by atoms with Crippen LogP contribution in [0.1, 0.15) is 37.7 Å². The predicted octanol–water partition coefficient (Wildman–Crippen LogP) is 2.95. The van der Waals surface area contributed by atoms with Crippen LogP contribution < -0.4 is 9.47 Å². The van der Waals surface area contributed by atoms with Crippen molar-refractivity contribution in [3.8, 4) is 11.5 Å². The number of carbonyl (C=O) groups excluding carboxylic acids is 1. The van der Waals surface area contributed by atoms with E-state index in [4.69, 9.17) is 9.47 Å². The SMILES string of the molecule is COc1cc(C2(N=C=O)CCC2)ccc1OC1CC1. The van der Waals surface area contributed by atoms with E-state index in [0.717, 1.165) is 49.2 Å². The summed E-state index contributed by atoms with van der Waals surface area (Å²) in [5.41, 5.74) is 0.634. The van der Waals surface area contributed by atoms with Crippen molar-refractivity contribution in [3.05, 3.63) is 23.8 Å². The maximum atomic E-state index is 10.6. The average Bonchev–Trinajstić information content (AvgIpc) is 3.18. The first-order chi connectivity index (χ1) is 9.27. The lowest BCUT2D eigenvalue weighted by Gasteiger charge is -2.37. The predicted molar refractivity (Wildman–Crippen MR) is 70.3 cm³/mol. The highest BCUT2D eigenvalue weighted by Gasteiger charge is 2.39. The van der Waals surface area contributed by atoms with Crippen LogP contribution >= 0.6 is 0 Å². The molecule has 0 heterocycles. The van der Waals surface area contributed by atoms with Gasteiger partial charge in [-0.3, -0.25) is 0 Å². The number of benzene rings is 1. The summed E-state index contributed by atoms with van der Waals surface area (Å²) in [5.74, 6) is 1.50. The summed E-state index contributed by atoms with van der Waals surface area (Å²) in [6, 6.07) is 5.85. The van der Waals surface area contributed by atoms with Crippen LogP contribution in [0.4, 0.5) is 0 Å². The second-order valence-electron chi connectivity index (χ2n) is 5.27. The van der Waals surface area contributed by atoms with Crippen molar-refractivity contribution in [1.82, 2.24) is 0 Å². The summed E-state index contributed by atoms with van der Waals surface area (Å²) in [6.07, 6.45) is 7.16. The van der Waals surface area contributed by atoms with Gasteiger partial charge in [-0.25, -0.2) is 4.79 Å². The second kappa shape index (κ2) is 4.71. The van der Waals surface area contributed by atoms with Crippen LogP contribution in [0, 0.1) is 0 Å². The van der Waals surface area contributed by atoms with E-state index >= 15 is 0 Å². The van der Waals surface area contributed by atoms with Crippen molar-refractivity contribution in [2.45, 2.75) is 43.7 Å². The van der Waals surface area contributed by atoms with Gasteiger partial charge < -0.3 is 9.47 Å². The van der Waals surface area contributed by atoms with Gasteiger partial charge in [-0.05, 0) is 49.8 Å². The molecule has 0 unspecified atom stereocenters. The molecular weight excluding hydrogens is 242 g/mol. The number of aliphatic imine (C=N–C) groups is 1. The third-order valence-corrected chi connectivity index (χ3v) is 3.96. The van der Waals surface area contributed by atoms with Crippen LogP contribution in [0.3, 0.4) is 0 Å². The van der Waals surface area contributed by atoms with Crippen molar-refractivity contribution in [3.63, 3.8) is 0 Å². The molecule has 100 valence electrons. The minimum Gasteiger partial charge on any atom is -0.493 e. The lowest BCUT2D eigenvalue weighted by molar-refractivity contribution is 0.252.